The van der Waals surface area contributed by atoms with Gasteiger partial charge in [0.05, 0.1) is 31.2 Å². The summed E-state index contributed by atoms with van der Waals surface area (Å²) in [4.78, 5) is 18.8. The first-order valence-corrected chi connectivity index (χ1v) is 7.18. The van der Waals surface area contributed by atoms with Crippen molar-refractivity contribution in [3.05, 3.63) is 47.0 Å². The van der Waals surface area contributed by atoms with E-state index in [1.165, 1.54) is 0 Å². The summed E-state index contributed by atoms with van der Waals surface area (Å²) in [6, 6.07) is 7.66. The van der Waals surface area contributed by atoms with E-state index in [-0.39, 0.29) is 6.10 Å². The Morgan fingerprint density at radius 1 is 1.30 bits per heavy atom. The van der Waals surface area contributed by atoms with E-state index in [9.17, 15) is 19.8 Å². The molecule has 2 bridgehead atoms. The van der Waals surface area contributed by atoms with Crippen molar-refractivity contribution < 1.29 is 29.3 Å². The van der Waals surface area contributed by atoms with E-state index in [0.717, 1.165) is 12.1 Å². The molecule has 23 heavy (non-hydrogen) atoms. The summed E-state index contributed by atoms with van der Waals surface area (Å²) in [5.41, 5.74) is 0.990. The third-order valence-electron chi connectivity index (χ3n) is 3.21. The molecule has 124 valence electrons. The largest absolute Gasteiger partial charge is 0.545 e. The van der Waals surface area contributed by atoms with Crippen molar-refractivity contribution >= 4 is 23.5 Å². The molecule has 2 heterocycles. The van der Waals surface area contributed by atoms with Crippen LogP contribution in [-0.2, 0) is 24.8 Å². The predicted octanol–water partition coefficient (Wildman–Crippen LogP) is -1.45. The molecule has 1 N–H and O–H groups in total. The number of halogens is 1. The molecule has 0 aliphatic carbocycles. The van der Waals surface area contributed by atoms with Gasteiger partial charge in [-0.2, -0.15) is 0 Å². The van der Waals surface area contributed by atoms with Crippen molar-refractivity contribution in [2.24, 2.45) is 0 Å². The molecule has 1 aromatic rings. The van der Waals surface area contributed by atoms with Gasteiger partial charge in [0.1, 0.15) is 0 Å². The molecule has 2 unspecified atom stereocenters. The monoisotopic (exact) mass is 339 g/mol. The van der Waals surface area contributed by atoms with Crippen LogP contribution in [0.15, 0.2) is 36.4 Å². The lowest BCUT2D eigenvalue weighted by atomic mass is 10.1. The fourth-order valence-corrected chi connectivity index (χ4v) is 2.46. The van der Waals surface area contributed by atoms with Gasteiger partial charge in [-0.1, -0.05) is 23.7 Å². The molecule has 0 spiro atoms. The smallest absolute Gasteiger partial charge is 0.208 e. The number of carboxylic acid groups (broad SMARTS) is 2. The Bertz CT molecular complexity index is 600. The second-order valence-electron chi connectivity index (χ2n) is 4.92. The van der Waals surface area contributed by atoms with Gasteiger partial charge in [0.25, 0.3) is 0 Å². The van der Waals surface area contributed by atoms with E-state index < -0.39 is 17.7 Å². The molecule has 2 fully saturated rings. The Kier molecular flexibility index (Phi) is 5.73. The second-order valence-corrected chi connectivity index (χ2v) is 5.35. The summed E-state index contributed by atoms with van der Waals surface area (Å²) in [5.74, 6) is -3.71. The SMILES string of the molecule is Clc1cccc(C23CNCC(CO2)O3)c1.O=C([O-])/C=C\C(=O)[O-]. The average Bonchev–Trinajstić information content (AvgIpc) is 2.82. The van der Waals surface area contributed by atoms with E-state index in [1.807, 2.05) is 24.3 Å². The number of rotatable bonds is 3. The maximum atomic E-state index is 9.41. The molecule has 2 saturated heterocycles. The summed E-state index contributed by atoms with van der Waals surface area (Å²) < 4.78 is 11.6. The molecule has 3 rings (SSSR count). The maximum absolute atomic E-state index is 9.41. The molecule has 8 heteroatoms. The van der Waals surface area contributed by atoms with Crippen LogP contribution in [0.4, 0.5) is 0 Å². The first-order chi connectivity index (χ1) is 10.9. The molecular formula is C15H14ClNO6-2. The van der Waals surface area contributed by atoms with Gasteiger partial charge in [0, 0.05) is 17.1 Å². The van der Waals surface area contributed by atoms with Crippen LogP contribution in [0, 0.1) is 0 Å². The van der Waals surface area contributed by atoms with E-state index in [2.05, 4.69) is 5.32 Å². The van der Waals surface area contributed by atoms with Gasteiger partial charge in [-0.05, 0) is 24.3 Å². The molecule has 7 nitrogen and oxygen atoms in total. The van der Waals surface area contributed by atoms with E-state index in [4.69, 9.17) is 21.1 Å². The minimum Gasteiger partial charge on any atom is -0.545 e. The fourth-order valence-electron chi connectivity index (χ4n) is 2.27. The quantitative estimate of drug-likeness (QED) is 0.671. The van der Waals surface area contributed by atoms with Gasteiger partial charge in [-0.15, -0.1) is 0 Å². The molecule has 0 aromatic heterocycles. The minimum atomic E-state index is -1.55. The molecule has 2 aliphatic rings. The van der Waals surface area contributed by atoms with Crippen LogP contribution in [0.3, 0.4) is 0 Å². The second kappa shape index (κ2) is 7.56. The topological polar surface area (TPSA) is 111 Å². The Labute approximate surface area is 137 Å². The first-order valence-electron chi connectivity index (χ1n) is 6.80. The van der Waals surface area contributed by atoms with E-state index >= 15 is 0 Å². The van der Waals surface area contributed by atoms with Crippen molar-refractivity contribution in [2.75, 3.05) is 19.7 Å². The number of hydrogen-bond donors (Lipinski definition) is 1. The molecule has 0 saturated carbocycles. The summed E-state index contributed by atoms with van der Waals surface area (Å²) in [5, 5.41) is 22.9. The molecule has 0 radical (unpaired) electrons. The highest BCUT2D eigenvalue weighted by molar-refractivity contribution is 6.30. The Balaban J connectivity index is 0.000000207. The van der Waals surface area contributed by atoms with Gasteiger partial charge >= 0.3 is 0 Å². The van der Waals surface area contributed by atoms with Crippen LogP contribution in [-0.4, -0.2) is 37.7 Å². The Morgan fingerprint density at radius 2 is 2.00 bits per heavy atom. The highest BCUT2D eigenvalue weighted by Gasteiger charge is 2.46. The number of carbonyl (C=O) groups is 2. The normalized spacial score (nSPS) is 25.7. The van der Waals surface area contributed by atoms with Gasteiger partial charge in [0.15, 0.2) is 0 Å². The van der Waals surface area contributed by atoms with Crippen LogP contribution in [0.25, 0.3) is 0 Å². The molecule has 2 aliphatic heterocycles. The zero-order valence-electron chi connectivity index (χ0n) is 12.0. The number of fused-ring (bicyclic) bond motifs is 2. The van der Waals surface area contributed by atoms with Crippen molar-refractivity contribution in [3.8, 4) is 0 Å². The first kappa shape index (κ1) is 17.4. The van der Waals surface area contributed by atoms with Gasteiger partial charge in [-0.25, -0.2) is 0 Å². The van der Waals surface area contributed by atoms with Gasteiger partial charge < -0.3 is 34.6 Å². The van der Waals surface area contributed by atoms with Crippen molar-refractivity contribution in [1.29, 1.82) is 0 Å². The average molecular weight is 340 g/mol. The van der Waals surface area contributed by atoms with Crippen LogP contribution in [0.2, 0.25) is 5.02 Å². The Hall–Kier alpha value is -1.93. The predicted molar refractivity (Wildman–Crippen MR) is 76.0 cm³/mol. The minimum absolute atomic E-state index is 0.165. The maximum Gasteiger partial charge on any atom is 0.208 e. The number of nitrogens with one attached hydrogen (secondary N) is 1. The summed E-state index contributed by atoms with van der Waals surface area (Å²) >= 11 is 5.97. The number of benzene rings is 1. The number of morpholine rings is 1. The van der Waals surface area contributed by atoms with Crippen LogP contribution in [0.5, 0.6) is 0 Å². The van der Waals surface area contributed by atoms with Crippen LogP contribution in [0.1, 0.15) is 5.56 Å². The molecule has 1 aromatic carbocycles. The lowest BCUT2D eigenvalue weighted by Gasteiger charge is -2.32. The lowest BCUT2D eigenvalue weighted by Crippen LogP contribution is -2.46. The van der Waals surface area contributed by atoms with Crippen molar-refractivity contribution in [3.63, 3.8) is 0 Å². The fraction of sp³-hybridized carbons (Fsp3) is 0.333. The number of hydrogen-bond acceptors (Lipinski definition) is 7. The Morgan fingerprint density at radius 3 is 2.61 bits per heavy atom. The third-order valence-corrected chi connectivity index (χ3v) is 3.44. The molecule has 0 amide bonds. The van der Waals surface area contributed by atoms with Crippen molar-refractivity contribution in [2.45, 2.75) is 11.9 Å². The number of aliphatic carboxylic acids is 2. The zero-order chi connectivity index (χ0) is 16.9. The van der Waals surface area contributed by atoms with Crippen LogP contribution < -0.4 is 15.5 Å². The zero-order valence-corrected chi connectivity index (χ0v) is 12.7. The van der Waals surface area contributed by atoms with Gasteiger partial charge in [-0.3, -0.25) is 0 Å². The van der Waals surface area contributed by atoms with Gasteiger partial charge in [0.2, 0.25) is 5.79 Å². The highest BCUT2D eigenvalue weighted by atomic mass is 35.5. The van der Waals surface area contributed by atoms with Crippen molar-refractivity contribution in [1.82, 2.24) is 5.32 Å². The standard InChI is InChI=1S/C11H12ClNO2.C4H4O4/c12-9-3-1-2-8(4-9)11-7-13-5-10(15-11)6-14-11;5-3(6)1-2-4(7)8/h1-4,10,13H,5-7H2;1-2H,(H,5,6)(H,7,8)/p-2/b;2-1-. The number of carboxylic acids is 2. The highest BCUT2D eigenvalue weighted by Crippen LogP contribution is 2.36. The summed E-state index contributed by atoms with van der Waals surface area (Å²) in [7, 11) is 0. The number of carbonyl (C=O) groups excluding carboxylic acids is 2. The summed E-state index contributed by atoms with van der Waals surface area (Å²) in [6.07, 6.45) is 0.933. The molecular weight excluding hydrogens is 326 g/mol. The van der Waals surface area contributed by atoms with Crippen LogP contribution >= 0.6 is 11.6 Å². The van der Waals surface area contributed by atoms with E-state index in [0.29, 0.717) is 30.3 Å². The summed E-state index contributed by atoms with van der Waals surface area (Å²) in [6.45, 7) is 2.20. The lowest BCUT2D eigenvalue weighted by molar-refractivity contribution is -0.301. The third kappa shape index (κ3) is 4.77. The van der Waals surface area contributed by atoms with E-state index in [1.54, 1.807) is 0 Å². The number of ether oxygens (including phenoxy) is 2. The molecule has 2 atom stereocenters.